The standard InChI is InChI=1S/C19H16BrCl/c1-12-10-18(21)13(2)9-17(12)19(20)16-8-7-14-5-3-4-6-15(14)11-16/h3-11,19H,1-2H3. The van der Waals surface area contributed by atoms with Crippen molar-refractivity contribution in [2.24, 2.45) is 0 Å². The van der Waals surface area contributed by atoms with Crippen LogP contribution in [-0.4, -0.2) is 0 Å². The summed E-state index contributed by atoms with van der Waals surface area (Å²) in [5, 5.41) is 3.36. The molecule has 3 aromatic rings. The van der Waals surface area contributed by atoms with Gasteiger partial charge in [-0.2, -0.15) is 0 Å². The van der Waals surface area contributed by atoms with Crippen molar-refractivity contribution in [1.82, 2.24) is 0 Å². The lowest BCUT2D eigenvalue weighted by Crippen LogP contribution is -1.97. The van der Waals surface area contributed by atoms with Gasteiger partial charge in [-0.15, -0.1) is 0 Å². The third-order valence-corrected chi connectivity index (χ3v) is 5.32. The quantitative estimate of drug-likeness (QED) is 0.452. The molecule has 0 fully saturated rings. The number of halogens is 2. The molecule has 21 heavy (non-hydrogen) atoms. The summed E-state index contributed by atoms with van der Waals surface area (Å²) in [6.45, 7) is 4.15. The molecule has 0 aromatic heterocycles. The number of rotatable bonds is 2. The molecule has 0 saturated carbocycles. The van der Waals surface area contributed by atoms with Gasteiger partial charge < -0.3 is 0 Å². The van der Waals surface area contributed by atoms with Crippen LogP contribution in [0.5, 0.6) is 0 Å². The van der Waals surface area contributed by atoms with Gasteiger partial charge in [0, 0.05) is 5.02 Å². The van der Waals surface area contributed by atoms with E-state index in [0.717, 1.165) is 10.6 Å². The Kier molecular flexibility index (Phi) is 4.05. The Hall–Kier alpha value is -1.31. The Bertz CT molecular complexity index is 808. The van der Waals surface area contributed by atoms with E-state index < -0.39 is 0 Å². The van der Waals surface area contributed by atoms with Crippen LogP contribution in [0.25, 0.3) is 10.8 Å². The molecule has 0 aliphatic carbocycles. The molecule has 0 heterocycles. The first-order valence-electron chi connectivity index (χ1n) is 6.95. The van der Waals surface area contributed by atoms with Gasteiger partial charge in [0.25, 0.3) is 0 Å². The van der Waals surface area contributed by atoms with Gasteiger partial charge in [-0.3, -0.25) is 0 Å². The highest BCUT2D eigenvalue weighted by atomic mass is 79.9. The van der Waals surface area contributed by atoms with Crippen LogP contribution in [0.3, 0.4) is 0 Å². The molecule has 0 aliphatic rings. The van der Waals surface area contributed by atoms with E-state index in [1.807, 2.05) is 13.0 Å². The first-order chi connectivity index (χ1) is 10.1. The monoisotopic (exact) mass is 358 g/mol. The average Bonchev–Trinajstić information content (AvgIpc) is 2.50. The predicted molar refractivity (Wildman–Crippen MR) is 95.6 cm³/mol. The zero-order valence-electron chi connectivity index (χ0n) is 12.0. The Labute approximate surface area is 138 Å². The minimum atomic E-state index is 0.179. The fourth-order valence-electron chi connectivity index (χ4n) is 2.62. The van der Waals surface area contributed by atoms with Crippen molar-refractivity contribution in [2.45, 2.75) is 18.7 Å². The fourth-order valence-corrected chi connectivity index (χ4v) is 3.62. The van der Waals surface area contributed by atoms with Gasteiger partial charge in [-0.05, 0) is 59.0 Å². The van der Waals surface area contributed by atoms with Crippen LogP contribution in [0.4, 0.5) is 0 Å². The minimum Gasteiger partial charge on any atom is -0.0840 e. The normalized spacial score (nSPS) is 12.6. The molecule has 3 rings (SSSR count). The van der Waals surface area contributed by atoms with Crippen molar-refractivity contribution in [2.75, 3.05) is 0 Å². The molecule has 3 aromatic carbocycles. The van der Waals surface area contributed by atoms with Gasteiger partial charge in [0.05, 0.1) is 4.83 Å². The van der Waals surface area contributed by atoms with E-state index in [2.05, 4.69) is 71.4 Å². The Morgan fingerprint density at radius 3 is 2.33 bits per heavy atom. The highest BCUT2D eigenvalue weighted by molar-refractivity contribution is 9.09. The van der Waals surface area contributed by atoms with E-state index in [1.54, 1.807) is 0 Å². The maximum Gasteiger partial charge on any atom is 0.0647 e. The molecular formula is C19H16BrCl. The molecule has 0 bridgehead atoms. The summed E-state index contributed by atoms with van der Waals surface area (Å²) in [7, 11) is 0. The van der Waals surface area contributed by atoms with Gasteiger partial charge in [-0.1, -0.05) is 70.0 Å². The summed E-state index contributed by atoms with van der Waals surface area (Å²) in [5.74, 6) is 0. The lowest BCUT2D eigenvalue weighted by molar-refractivity contribution is 1.14. The molecule has 106 valence electrons. The molecule has 0 nitrogen and oxygen atoms in total. The molecule has 0 radical (unpaired) electrons. The third kappa shape index (κ3) is 2.86. The van der Waals surface area contributed by atoms with Crippen LogP contribution in [0.1, 0.15) is 27.1 Å². The van der Waals surface area contributed by atoms with Crippen molar-refractivity contribution in [3.63, 3.8) is 0 Å². The third-order valence-electron chi connectivity index (χ3n) is 3.89. The lowest BCUT2D eigenvalue weighted by Gasteiger charge is -2.16. The van der Waals surface area contributed by atoms with Gasteiger partial charge in [0.15, 0.2) is 0 Å². The van der Waals surface area contributed by atoms with Crippen LogP contribution in [0, 0.1) is 13.8 Å². The van der Waals surface area contributed by atoms with E-state index in [1.165, 1.54) is 27.5 Å². The first kappa shape index (κ1) is 14.6. The SMILES string of the molecule is Cc1cc(C(Br)c2ccc3ccccc3c2)c(C)cc1Cl. The zero-order chi connectivity index (χ0) is 15.0. The van der Waals surface area contributed by atoms with Crippen LogP contribution in [0.15, 0.2) is 54.6 Å². The van der Waals surface area contributed by atoms with Crippen molar-refractivity contribution >= 4 is 38.3 Å². The molecule has 2 heteroatoms. The highest BCUT2D eigenvalue weighted by Gasteiger charge is 2.14. The van der Waals surface area contributed by atoms with Gasteiger partial charge in [-0.25, -0.2) is 0 Å². The van der Waals surface area contributed by atoms with Crippen LogP contribution >= 0.6 is 27.5 Å². The molecule has 0 N–H and O–H groups in total. The summed E-state index contributed by atoms with van der Waals surface area (Å²) < 4.78 is 0. The van der Waals surface area contributed by atoms with E-state index >= 15 is 0 Å². The van der Waals surface area contributed by atoms with Gasteiger partial charge >= 0.3 is 0 Å². The largest absolute Gasteiger partial charge is 0.0840 e. The average molecular weight is 360 g/mol. The predicted octanol–water partition coefficient (Wildman–Crippen LogP) is 6.59. The van der Waals surface area contributed by atoms with Crippen molar-refractivity contribution in [3.05, 3.63) is 81.9 Å². The summed E-state index contributed by atoms with van der Waals surface area (Å²) in [5.41, 5.74) is 4.86. The van der Waals surface area contributed by atoms with Crippen LogP contribution in [-0.2, 0) is 0 Å². The topological polar surface area (TPSA) is 0 Å². The van der Waals surface area contributed by atoms with Crippen LogP contribution < -0.4 is 0 Å². The second kappa shape index (κ2) is 5.82. The molecule has 0 aliphatic heterocycles. The minimum absolute atomic E-state index is 0.179. The van der Waals surface area contributed by atoms with Crippen molar-refractivity contribution < 1.29 is 0 Å². The number of benzene rings is 3. The molecule has 1 atom stereocenters. The second-order valence-corrected chi connectivity index (χ2v) is 6.75. The molecule has 0 saturated heterocycles. The summed E-state index contributed by atoms with van der Waals surface area (Å²) in [6.07, 6.45) is 0. The highest BCUT2D eigenvalue weighted by Crippen LogP contribution is 2.36. The maximum absolute atomic E-state index is 6.20. The van der Waals surface area contributed by atoms with E-state index in [4.69, 9.17) is 11.6 Å². The molecule has 1 unspecified atom stereocenters. The summed E-state index contributed by atoms with van der Waals surface area (Å²) in [6, 6.07) is 19.3. The zero-order valence-corrected chi connectivity index (χ0v) is 14.4. The van der Waals surface area contributed by atoms with E-state index in [0.29, 0.717) is 0 Å². The second-order valence-electron chi connectivity index (χ2n) is 5.43. The van der Waals surface area contributed by atoms with Gasteiger partial charge in [0.1, 0.15) is 0 Å². The summed E-state index contributed by atoms with van der Waals surface area (Å²) >= 11 is 10.0. The number of alkyl halides is 1. The van der Waals surface area contributed by atoms with E-state index in [9.17, 15) is 0 Å². The van der Waals surface area contributed by atoms with Crippen molar-refractivity contribution in [1.29, 1.82) is 0 Å². The first-order valence-corrected chi connectivity index (χ1v) is 8.25. The Balaban J connectivity index is 2.07. The lowest BCUT2D eigenvalue weighted by atomic mass is 9.97. The number of hydrogen-bond acceptors (Lipinski definition) is 0. The van der Waals surface area contributed by atoms with Crippen LogP contribution in [0.2, 0.25) is 5.02 Å². The van der Waals surface area contributed by atoms with Crippen molar-refractivity contribution in [3.8, 4) is 0 Å². The number of fused-ring (bicyclic) bond motifs is 1. The summed E-state index contributed by atoms with van der Waals surface area (Å²) in [4.78, 5) is 0.179. The molecular weight excluding hydrogens is 344 g/mol. The molecule has 0 amide bonds. The number of hydrogen-bond donors (Lipinski definition) is 0. The Morgan fingerprint density at radius 2 is 1.57 bits per heavy atom. The van der Waals surface area contributed by atoms with Gasteiger partial charge in [0.2, 0.25) is 0 Å². The Morgan fingerprint density at radius 1 is 0.857 bits per heavy atom. The molecule has 0 spiro atoms. The maximum atomic E-state index is 6.20. The van der Waals surface area contributed by atoms with E-state index in [-0.39, 0.29) is 4.83 Å². The number of aryl methyl sites for hydroxylation is 2. The fraction of sp³-hybridized carbons (Fsp3) is 0.158. The smallest absolute Gasteiger partial charge is 0.0647 e.